The summed E-state index contributed by atoms with van der Waals surface area (Å²) in [5, 5.41) is 0. The van der Waals surface area contributed by atoms with Crippen molar-refractivity contribution in [2.45, 2.75) is 14.4 Å². The summed E-state index contributed by atoms with van der Waals surface area (Å²) < 4.78 is 0. The Morgan fingerprint density at radius 3 is 2.36 bits per heavy atom. The van der Waals surface area contributed by atoms with E-state index in [1.807, 2.05) is 43.4 Å². The molecule has 0 bridgehead atoms. The number of hydrogen-bond donors (Lipinski definition) is 0. The minimum atomic E-state index is 0. The Labute approximate surface area is 87.3 Å². The lowest BCUT2D eigenvalue weighted by atomic mass is 10.1. The van der Waals surface area contributed by atoms with Crippen LogP contribution >= 0.6 is 0 Å². The van der Waals surface area contributed by atoms with Crippen LogP contribution in [0.3, 0.4) is 0 Å². The fourth-order valence-electron chi connectivity index (χ4n) is 1.11. The van der Waals surface area contributed by atoms with E-state index in [1.54, 1.807) is 0 Å². The van der Waals surface area contributed by atoms with Gasteiger partial charge in [-0.2, -0.15) is 0 Å². The highest BCUT2D eigenvalue weighted by Gasteiger charge is 1.92. The summed E-state index contributed by atoms with van der Waals surface area (Å²) in [6.07, 6.45) is 7.95. The van der Waals surface area contributed by atoms with Gasteiger partial charge in [0.1, 0.15) is 0 Å². The van der Waals surface area contributed by atoms with Crippen LogP contribution in [0.15, 0.2) is 61.2 Å². The van der Waals surface area contributed by atoms with Gasteiger partial charge in [0.2, 0.25) is 0 Å². The molecule has 14 heavy (non-hydrogen) atoms. The largest absolute Gasteiger partial charge is 0.0984 e. The lowest BCUT2D eigenvalue weighted by Gasteiger charge is -1.99. The quantitative estimate of drug-likeness (QED) is 0.611. The van der Waals surface area contributed by atoms with E-state index in [1.165, 1.54) is 5.56 Å². The summed E-state index contributed by atoms with van der Waals surface area (Å²) in [5.41, 5.74) is 2.36. The highest BCUT2D eigenvalue weighted by atomic mass is 14.0. The van der Waals surface area contributed by atoms with Gasteiger partial charge >= 0.3 is 0 Å². The summed E-state index contributed by atoms with van der Waals surface area (Å²) in [6.45, 7) is 5.79. The van der Waals surface area contributed by atoms with Crippen LogP contribution in [0, 0.1) is 0 Å². The zero-order chi connectivity index (χ0) is 9.52. The van der Waals surface area contributed by atoms with Crippen molar-refractivity contribution in [2.75, 3.05) is 0 Å². The molecule has 0 radical (unpaired) electrons. The average Bonchev–Trinajstić information content (AvgIpc) is 2.21. The summed E-state index contributed by atoms with van der Waals surface area (Å²) in [5.74, 6) is 0. The maximum Gasteiger partial charge on any atom is -0.0184 e. The molecule has 1 rings (SSSR count). The van der Waals surface area contributed by atoms with Crippen LogP contribution in [-0.4, -0.2) is 0 Å². The van der Waals surface area contributed by atoms with Crippen molar-refractivity contribution in [3.05, 3.63) is 66.8 Å². The van der Waals surface area contributed by atoms with Crippen molar-refractivity contribution in [3.63, 3.8) is 0 Å². The summed E-state index contributed by atoms with van der Waals surface area (Å²) in [4.78, 5) is 0. The maximum absolute atomic E-state index is 3.79. The minimum Gasteiger partial charge on any atom is -0.0984 e. The zero-order valence-corrected chi connectivity index (χ0v) is 7.90. The first-order valence-electron chi connectivity index (χ1n) is 4.39. The van der Waals surface area contributed by atoms with E-state index in [0.717, 1.165) is 5.57 Å². The lowest BCUT2D eigenvalue weighted by Crippen LogP contribution is -1.77. The van der Waals surface area contributed by atoms with Gasteiger partial charge < -0.3 is 0 Å². The molecule has 0 spiro atoms. The van der Waals surface area contributed by atoms with Gasteiger partial charge in [-0.3, -0.25) is 0 Å². The van der Waals surface area contributed by atoms with Gasteiger partial charge in [0.05, 0.1) is 0 Å². The number of allylic oxidation sites excluding steroid dienone is 5. The molecule has 0 aliphatic carbocycles. The predicted octanol–water partition coefficient (Wildman–Crippen LogP) is 4.47. The second-order valence-electron chi connectivity index (χ2n) is 2.72. The van der Waals surface area contributed by atoms with Crippen molar-refractivity contribution in [1.29, 1.82) is 0 Å². The maximum atomic E-state index is 3.79. The molecule has 0 atom stereocenters. The second-order valence-corrected chi connectivity index (χ2v) is 2.72. The lowest BCUT2D eigenvalue weighted by molar-refractivity contribution is 1.62. The van der Waals surface area contributed by atoms with Crippen LogP contribution in [0.25, 0.3) is 5.57 Å². The zero-order valence-electron chi connectivity index (χ0n) is 7.90. The molecule has 0 heteroatoms. The van der Waals surface area contributed by atoms with Gasteiger partial charge in [0.15, 0.2) is 0 Å². The van der Waals surface area contributed by atoms with E-state index in [0.29, 0.717) is 0 Å². The third-order valence-electron chi connectivity index (χ3n) is 1.80. The summed E-state index contributed by atoms with van der Waals surface area (Å²) >= 11 is 0. The third-order valence-corrected chi connectivity index (χ3v) is 1.80. The third kappa shape index (κ3) is 3.44. The summed E-state index contributed by atoms with van der Waals surface area (Å²) in [6, 6.07) is 10.2. The highest BCUT2D eigenvalue weighted by molar-refractivity contribution is 5.74. The van der Waals surface area contributed by atoms with Gasteiger partial charge in [0, 0.05) is 0 Å². The molecule has 0 aromatic heterocycles. The van der Waals surface area contributed by atoms with E-state index in [-0.39, 0.29) is 7.43 Å². The first-order chi connectivity index (χ1) is 6.38. The molecule has 0 fully saturated rings. The Bertz CT molecular complexity index is 315. The van der Waals surface area contributed by atoms with Crippen LogP contribution in [-0.2, 0) is 0 Å². The first kappa shape index (κ1) is 12.4. The molecule has 0 N–H and O–H groups in total. The molecule has 0 saturated heterocycles. The molecule has 1 aromatic carbocycles. The molecule has 0 unspecified atom stereocenters. The molecule has 0 aliphatic rings. The van der Waals surface area contributed by atoms with Crippen LogP contribution in [0.5, 0.6) is 0 Å². The van der Waals surface area contributed by atoms with Crippen molar-refractivity contribution in [3.8, 4) is 0 Å². The van der Waals surface area contributed by atoms with Crippen molar-refractivity contribution in [2.24, 2.45) is 0 Å². The molecule has 0 nitrogen and oxygen atoms in total. The predicted molar refractivity (Wildman–Crippen MR) is 66.2 cm³/mol. The summed E-state index contributed by atoms with van der Waals surface area (Å²) in [7, 11) is 0. The molecule has 0 heterocycles. The Morgan fingerprint density at radius 2 is 1.86 bits per heavy atom. The number of hydrogen-bond acceptors (Lipinski definition) is 0. The molecule has 0 amide bonds. The van der Waals surface area contributed by atoms with Crippen molar-refractivity contribution < 1.29 is 0 Å². The smallest absolute Gasteiger partial charge is 0.0184 e. The van der Waals surface area contributed by atoms with Gasteiger partial charge in [0.25, 0.3) is 0 Å². The van der Waals surface area contributed by atoms with Crippen LogP contribution in [0.2, 0.25) is 0 Å². The average molecular weight is 186 g/mol. The number of rotatable bonds is 3. The Morgan fingerprint density at radius 1 is 1.21 bits per heavy atom. The van der Waals surface area contributed by atoms with Crippen molar-refractivity contribution >= 4 is 5.57 Å². The SMILES string of the molecule is C.C=C/C(=C\C=C/C)c1ccccc1. The molecular weight excluding hydrogens is 168 g/mol. The monoisotopic (exact) mass is 186 g/mol. The highest BCUT2D eigenvalue weighted by Crippen LogP contribution is 2.14. The molecule has 74 valence electrons. The van der Waals surface area contributed by atoms with Gasteiger partial charge in [-0.1, -0.05) is 68.6 Å². The second kappa shape index (κ2) is 6.90. The minimum absolute atomic E-state index is 0. The topological polar surface area (TPSA) is 0 Å². The fourth-order valence-corrected chi connectivity index (χ4v) is 1.11. The Hall–Kier alpha value is -1.56. The van der Waals surface area contributed by atoms with E-state index < -0.39 is 0 Å². The van der Waals surface area contributed by atoms with Crippen molar-refractivity contribution in [1.82, 2.24) is 0 Å². The van der Waals surface area contributed by atoms with Gasteiger partial charge in [-0.15, -0.1) is 0 Å². The normalized spacial score (nSPS) is 11.1. The number of benzene rings is 1. The van der Waals surface area contributed by atoms with Crippen LogP contribution in [0.1, 0.15) is 19.9 Å². The molecular formula is C14H18. The molecule has 0 saturated carbocycles. The van der Waals surface area contributed by atoms with E-state index in [9.17, 15) is 0 Å². The van der Waals surface area contributed by atoms with Crippen LogP contribution in [0.4, 0.5) is 0 Å². The van der Waals surface area contributed by atoms with E-state index in [4.69, 9.17) is 0 Å². The Balaban J connectivity index is 0.00000169. The molecule has 0 aliphatic heterocycles. The van der Waals surface area contributed by atoms with E-state index >= 15 is 0 Å². The fraction of sp³-hybridized carbons (Fsp3) is 0.143. The first-order valence-corrected chi connectivity index (χ1v) is 4.39. The van der Waals surface area contributed by atoms with Gasteiger partial charge in [-0.05, 0) is 18.1 Å². The van der Waals surface area contributed by atoms with E-state index in [2.05, 4.69) is 24.8 Å². The Kier molecular flexibility index (Phi) is 6.13. The van der Waals surface area contributed by atoms with Gasteiger partial charge in [-0.25, -0.2) is 0 Å². The molecule has 1 aromatic rings. The van der Waals surface area contributed by atoms with Crippen LogP contribution < -0.4 is 0 Å². The standard InChI is InChI=1S/C13H14.CH4/c1-3-5-9-12(4-2)13-10-7-6-8-11-13;/h3-11H,2H2,1H3;1H4/b5-3-,12-9+;.